The number of aromatic nitrogens is 1. The van der Waals surface area contributed by atoms with Crippen LogP contribution in [-0.2, 0) is 30.3 Å². The van der Waals surface area contributed by atoms with E-state index in [0.29, 0.717) is 22.7 Å². The average Bonchev–Trinajstić information content (AvgIpc) is 3.13. The van der Waals surface area contributed by atoms with E-state index >= 15 is 0 Å². The highest BCUT2D eigenvalue weighted by molar-refractivity contribution is 7.13. The minimum absolute atomic E-state index is 0.120. The molecule has 0 fully saturated rings. The van der Waals surface area contributed by atoms with E-state index in [2.05, 4.69) is 15.0 Å². The highest BCUT2D eigenvalue weighted by Crippen LogP contribution is 2.24. The fourth-order valence-electron chi connectivity index (χ4n) is 2.55. The highest BCUT2D eigenvalue weighted by Gasteiger charge is 2.23. The van der Waals surface area contributed by atoms with Gasteiger partial charge >= 0.3 is 11.9 Å². The second-order valence-corrected chi connectivity index (χ2v) is 7.62. The lowest BCUT2D eigenvalue weighted by Crippen LogP contribution is -2.44. The molecule has 1 N–H and O–H groups in total. The summed E-state index contributed by atoms with van der Waals surface area (Å²) in [6, 6.07) is 5.22. The maximum Gasteiger partial charge on any atom is 0.328 e. The largest absolute Gasteiger partial charge is 0.467 e. The molecule has 1 aromatic heterocycles. The molecule has 0 bridgehead atoms. The highest BCUT2D eigenvalue weighted by atomic mass is 32.1. The van der Waals surface area contributed by atoms with Crippen LogP contribution in [0.2, 0.25) is 0 Å². The van der Waals surface area contributed by atoms with Crippen molar-refractivity contribution in [2.45, 2.75) is 32.7 Å². The molecule has 156 valence electrons. The van der Waals surface area contributed by atoms with Crippen LogP contribution in [-0.4, -0.2) is 42.6 Å². The van der Waals surface area contributed by atoms with Crippen molar-refractivity contribution in [2.24, 2.45) is 5.92 Å². The van der Waals surface area contributed by atoms with Gasteiger partial charge in [-0.3, -0.25) is 9.59 Å². The minimum Gasteiger partial charge on any atom is -0.467 e. The molecule has 0 aliphatic heterocycles. The minimum atomic E-state index is -0.793. The molecular weight excluding hydrogens is 399 g/mol. The summed E-state index contributed by atoms with van der Waals surface area (Å²) in [4.78, 5) is 40.0. The molecule has 1 heterocycles. The number of hydrogen-bond acceptors (Lipinski definition) is 7. The second kappa shape index (κ2) is 10.7. The van der Waals surface area contributed by atoms with Gasteiger partial charge in [0, 0.05) is 10.9 Å². The number of methoxy groups -OCH3 is 1. The van der Waals surface area contributed by atoms with E-state index in [1.807, 2.05) is 13.8 Å². The number of ether oxygens (including phenoxy) is 2. The first-order valence-corrected chi connectivity index (χ1v) is 9.89. The molecule has 1 unspecified atom stereocenters. The predicted molar refractivity (Wildman–Crippen MR) is 106 cm³/mol. The van der Waals surface area contributed by atoms with Crippen molar-refractivity contribution in [3.05, 3.63) is 41.2 Å². The van der Waals surface area contributed by atoms with Crippen molar-refractivity contribution in [1.82, 2.24) is 10.3 Å². The summed E-state index contributed by atoms with van der Waals surface area (Å²) >= 11 is 1.28. The molecular formula is C20H23FN2O5S. The SMILES string of the molecule is COC(=O)C(CC(C)C)NC(=O)COC(=O)Cc1csc(-c2cccc(F)c2)n1. The third kappa shape index (κ3) is 7.26. The summed E-state index contributed by atoms with van der Waals surface area (Å²) < 4.78 is 23.0. The van der Waals surface area contributed by atoms with E-state index in [4.69, 9.17) is 4.74 Å². The molecule has 0 saturated heterocycles. The standard InChI is InChI=1S/C20H23FN2O5S/c1-12(2)7-16(20(26)27-3)23-17(24)10-28-18(25)9-15-11-29-19(22-15)13-5-4-6-14(21)8-13/h4-6,8,11-12,16H,7,9-10H2,1-3H3,(H,23,24). The maximum absolute atomic E-state index is 13.3. The van der Waals surface area contributed by atoms with Crippen LogP contribution in [0, 0.1) is 11.7 Å². The topological polar surface area (TPSA) is 94.6 Å². The molecule has 0 aliphatic carbocycles. The molecule has 0 aliphatic rings. The molecule has 9 heteroatoms. The van der Waals surface area contributed by atoms with E-state index in [1.54, 1.807) is 17.5 Å². The van der Waals surface area contributed by atoms with Gasteiger partial charge in [-0.2, -0.15) is 0 Å². The van der Waals surface area contributed by atoms with Crippen LogP contribution in [0.4, 0.5) is 4.39 Å². The van der Waals surface area contributed by atoms with E-state index in [9.17, 15) is 18.8 Å². The Morgan fingerprint density at radius 1 is 1.28 bits per heavy atom. The van der Waals surface area contributed by atoms with Crippen molar-refractivity contribution in [2.75, 3.05) is 13.7 Å². The number of esters is 2. The lowest BCUT2D eigenvalue weighted by molar-refractivity contribution is -0.150. The van der Waals surface area contributed by atoms with Crippen molar-refractivity contribution in [3.8, 4) is 10.6 Å². The smallest absolute Gasteiger partial charge is 0.328 e. The molecule has 1 amide bonds. The number of nitrogens with zero attached hydrogens (tertiary/aromatic N) is 1. The predicted octanol–water partition coefficient (Wildman–Crippen LogP) is 2.74. The number of thiazole rings is 1. The summed E-state index contributed by atoms with van der Waals surface area (Å²) in [5.41, 5.74) is 1.08. The quantitative estimate of drug-likeness (QED) is 0.625. The van der Waals surface area contributed by atoms with Gasteiger partial charge in [-0.1, -0.05) is 26.0 Å². The van der Waals surface area contributed by atoms with Gasteiger partial charge in [-0.25, -0.2) is 14.2 Å². The number of carbonyl (C=O) groups is 3. The molecule has 0 radical (unpaired) electrons. The molecule has 0 spiro atoms. The van der Waals surface area contributed by atoms with E-state index in [1.165, 1.54) is 30.6 Å². The summed E-state index contributed by atoms with van der Waals surface area (Å²) in [6.07, 6.45) is 0.291. The lowest BCUT2D eigenvalue weighted by Gasteiger charge is -2.18. The van der Waals surface area contributed by atoms with Crippen molar-refractivity contribution >= 4 is 29.2 Å². The van der Waals surface area contributed by atoms with Crippen LogP contribution in [0.5, 0.6) is 0 Å². The number of nitrogens with one attached hydrogen (secondary N) is 1. The molecule has 0 saturated carbocycles. The Morgan fingerprint density at radius 3 is 2.69 bits per heavy atom. The van der Waals surface area contributed by atoms with Gasteiger partial charge in [0.1, 0.15) is 16.9 Å². The molecule has 2 rings (SSSR count). The Balaban J connectivity index is 1.85. The monoisotopic (exact) mass is 422 g/mol. The van der Waals surface area contributed by atoms with E-state index in [0.717, 1.165) is 0 Å². The van der Waals surface area contributed by atoms with Gasteiger partial charge in [-0.05, 0) is 24.5 Å². The van der Waals surface area contributed by atoms with Gasteiger partial charge < -0.3 is 14.8 Å². The van der Waals surface area contributed by atoms with Gasteiger partial charge in [-0.15, -0.1) is 11.3 Å². The first kappa shape index (κ1) is 22.5. The number of hydrogen-bond donors (Lipinski definition) is 1. The zero-order chi connectivity index (χ0) is 21.4. The van der Waals surface area contributed by atoms with Crippen LogP contribution in [0.3, 0.4) is 0 Å². The molecule has 1 atom stereocenters. The Morgan fingerprint density at radius 2 is 2.03 bits per heavy atom. The molecule has 2 aromatic rings. The number of benzene rings is 1. The maximum atomic E-state index is 13.3. The zero-order valence-corrected chi connectivity index (χ0v) is 17.3. The van der Waals surface area contributed by atoms with Crippen LogP contribution in [0.1, 0.15) is 26.0 Å². The van der Waals surface area contributed by atoms with Gasteiger partial charge in [0.15, 0.2) is 6.61 Å². The van der Waals surface area contributed by atoms with Crippen LogP contribution in [0.15, 0.2) is 29.6 Å². The summed E-state index contributed by atoms with van der Waals surface area (Å²) in [7, 11) is 1.24. The van der Waals surface area contributed by atoms with E-state index in [-0.39, 0.29) is 18.2 Å². The Bertz CT molecular complexity index is 868. The zero-order valence-electron chi connectivity index (χ0n) is 16.4. The van der Waals surface area contributed by atoms with Crippen molar-refractivity contribution in [3.63, 3.8) is 0 Å². The second-order valence-electron chi connectivity index (χ2n) is 6.76. The third-order valence-corrected chi connectivity index (χ3v) is 4.78. The number of carbonyl (C=O) groups excluding carboxylic acids is 3. The summed E-state index contributed by atoms with van der Waals surface area (Å²) in [6.45, 7) is 3.31. The van der Waals surface area contributed by atoms with Gasteiger partial charge in [0.25, 0.3) is 5.91 Å². The van der Waals surface area contributed by atoms with Crippen molar-refractivity contribution in [1.29, 1.82) is 0 Å². The Hall–Kier alpha value is -2.81. The van der Waals surface area contributed by atoms with E-state index < -0.39 is 30.5 Å². The molecule has 7 nitrogen and oxygen atoms in total. The number of halogens is 1. The van der Waals surface area contributed by atoms with Gasteiger partial charge in [0.2, 0.25) is 0 Å². The first-order valence-electron chi connectivity index (χ1n) is 9.01. The fourth-order valence-corrected chi connectivity index (χ4v) is 3.37. The third-order valence-electron chi connectivity index (χ3n) is 3.84. The van der Waals surface area contributed by atoms with Crippen LogP contribution >= 0.6 is 11.3 Å². The summed E-state index contributed by atoms with van der Waals surface area (Å²) in [5.74, 6) is -1.97. The number of amides is 1. The fraction of sp³-hybridized carbons (Fsp3) is 0.400. The molecule has 1 aromatic carbocycles. The first-order chi connectivity index (χ1) is 13.8. The van der Waals surface area contributed by atoms with Gasteiger partial charge in [0.05, 0.1) is 19.2 Å². The van der Waals surface area contributed by atoms with Crippen molar-refractivity contribution < 1.29 is 28.2 Å². The Labute approximate surface area is 172 Å². The Kier molecular flexibility index (Phi) is 8.26. The van der Waals surface area contributed by atoms with Crippen LogP contribution in [0.25, 0.3) is 10.6 Å². The molecule has 29 heavy (non-hydrogen) atoms. The average molecular weight is 422 g/mol. The summed E-state index contributed by atoms with van der Waals surface area (Å²) in [5, 5.41) is 4.77. The van der Waals surface area contributed by atoms with Crippen LogP contribution < -0.4 is 5.32 Å². The lowest BCUT2D eigenvalue weighted by atomic mass is 10.0. The normalized spacial score (nSPS) is 11.8. The number of rotatable bonds is 9.